The molecule has 162 valence electrons. The van der Waals surface area contributed by atoms with E-state index >= 15 is 0 Å². The molecule has 0 bridgehead atoms. The maximum Gasteiger partial charge on any atom is 0.223 e. The van der Waals surface area contributed by atoms with Gasteiger partial charge in [0, 0.05) is 18.0 Å². The molecule has 0 unspecified atom stereocenters. The molecule has 3 aromatic heterocycles. The predicted molar refractivity (Wildman–Crippen MR) is 120 cm³/mol. The van der Waals surface area contributed by atoms with Crippen molar-refractivity contribution in [3.8, 4) is 28.4 Å². The van der Waals surface area contributed by atoms with Crippen LogP contribution in [0.3, 0.4) is 0 Å². The molecular formula is C23H23N7O2. The maximum absolute atomic E-state index is 11.6. The van der Waals surface area contributed by atoms with E-state index in [1.165, 1.54) is 6.20 Å². The zero-order valence-corrected chi connectivity index (χ0v) is 17.4. The van der Waals surface area contributed by atoms with Crippen LogP contribution in [0.2, 0.25) is 0 Å². The highest BCUT2D eigenvalue weighted by atomic mass is 16.5. The first kappa shape index (κ1) is 19.9. The van der Waals surface area contributed by atoms with Gasteiger partial charge in [0.1, 0.15) is 23.0 Å². The molecule has 32 heavy (non-hydrogen) atoms. The number of hydrogen-bond donors (Lipinski definition) is 2. The highest BCUT2D eigenvalue weighted by Crippen LogP contribution is 2.28. The number of carbonyl (C=O) groups excluding carboxylic acids is 1. The number of fused-ring (bicyclic) bond motifs is 1. The Kier molecular flexibility index (Phi) is 5.37. The topological polar surface area (TPSA) is 120 Å². The van der Waals surface area contributed by atoms with E-state index in [1.807, 2.05) is 36.4 Å². The standard InChI is InChI=1S/C23H23N7O2/c24-21-14-26-19(12-27-21)20-13-28-22-9-8-18(29-30(20)22)15-4-6-17(7-5-15)32-11-1-10-25-23(31)16-2-3-16/h4-9,12-14,16H,1-3,10-11H2,(H2,24,27)(H,25,31). The van der Waals surface area contributed by atoms with Crippen LogP contribution in [-0.2, 0) is 4.79 Å². The van der Waals surface area contributed by atoms with Gasteiger partial charge in [0.2, 0.25) is 5.91 Å². The van der Waals surface area contributed by atoms with E-state index in [4.69, 9.17) is 15.6 Å². The number of aromatic nitrogens is 5. The van der Waals surface area contributed by atoms with E-state index in [-0.39, 0.29) is 11.8 Å². The molecule has 0 radical (unpaired) electrons. The number of hydrogen-bond acceptors (Lipinski definition) is 7. The minimum absolute atomic E-state index is 0.170. The van der Waals surface area contributed by atoms with Gasteiger partial charge in [0.25, 0.3) is 0 Å². The number of carbonyl (C=O) groups is 1. The van der Waals surface area contributed by atoms with Crippen LogP contribution >= 0.6 is 0 Å². The van der Waals surface area contributed by atoms with Gasteiger partial charge in [-0.2, -0.15) is 5.10 Å². The van der Waals surface area contributed by atoms with Crippen molar-refractivity contribution in [3.63, 3.8) is 0 Å². The van der Waals surface area contributed by atoms with Crippen molar-refractivity contribution in [2.75, 3.05) is 18.9 Å². The Bertz CT molecular complexity index is 1230. The number of nitrogens with zero attached hydrogens (tertiary/aromatic N) is 5. The summed E-state index contributed by atoms with van der Waals surface area (Å²) in [6.45, 7) is 1.19. The first-order valence-corrected chi connectivity index (χ1v) is 10.6. The van der Waals surface area contributed by atoms with Crippen molar-refractivity contribution >= 4 is 17.4 Å². The Morgan fingerprint density at radius 2 is 1.88 bits per heavy atom. The predicted octanol–water partition coefficient (Wildman–Crippen LogP) is 2.73. The smallest absolute Gasteiger partial charge is 0.223 e. The fourth-order valence-corrected chi connectivity index (χ4v) is 3.36. The summed E-state index contributed by atoms with van der Waals surface area (Å²) in [7, 11) is 0. The third-order valence-electron chi connectivity index (χ3n) is 5.28. The van der Waals surface area contributed by atoms with E-state index in [1.54, 1.807) is 16.9 Å². The minimum Gasteiger partial charge on any atom is -0.494 e. The molecule has 1 aliphatic rings. The number of rotatable bonds is 8. The van der Waals surface area contributed by atoms with Crippen LogP contribution in [0.4, 0.5) is 5.82 Å². The summed E-state index contributed by atoms with van der Waals surface area (Å²) in [6, 6.07) is 11.6. The molecule has 1 aromatic carbocycles. The van der Waals surface area contributed by atoms with E-state index < -0.39 is 0 Å². The molecule has 1 amide bonds. The fraction of sp³-hybridized carbons (Fsp3) is 0.261. The summed E-state index contributed by atoms with van der Waals surface area (Å²) in [5, 5.41) is 7.67. The van der Waals surface area contributed by atoms with E-state index in [0.29, 0.717) is 24.7 Å². The second-order valence-electron chi connectivity index (χ2n) is 7.75. The van der Waals surface area contributed by atoms with Gasteiger partial charge < -0.3 is 15.8 Å². The molecule has 3 N–H and O–H groups in total. The lowest BCUT2D eigenvalue weighted by Crippen LogP contribution is -2.26. The van der Waals surface area contributed by atoms with Crippen molar-refractivity contribution in [1.82, 2.24) is 29.9 Å². The lowest BCUT2D eigenvalue weighted by atomic mass is 10.1. The van der Waals surface area contributed by atoms with Crippen LogP contribution in [0.5, 0.6) is 5.75 Å². The molecule has 3 heterocycles. The molecular weight excluding hydrogens is 406 g/mol. The van der Waals surface area contributed by atoms with Crippen molar-refractivity contribution in [3.05, 3.63) is 55.0 Å². The van der Waals surface area contributed by atoms with Crippen molar-refractivity contribution < 1.29 is 9.53 Å². The maximum atomic E-state index is 11.6. The number of benzene rings is 1. The molecule has 4 aromatic rings. The Balaban J connectivity index is 1.24. The van der Waals surface area contributed by atoms with Crippen LogP contribution in [-0.4, -0.2) is 43.6 Å². The first-order valence-electron chi connectivity index (χ1n) is 10.6. The fourth-order valence-electron chi connectivity index (χ4n) is 3.36. The summed E-state index contributed by atoms with van der Waals surface area (Å²) < 4.78 is 7.53. The zero-order valence-electron chi connectivity index (χ0n) is 17.4. The lowest BCUT2D eigenvalue weighted by molar-refractivity contribution is -0.122. The lowest BCUT2D eigenvalue weighted by Gasteiger charge is -2.08. The van der Waals surface area contributed by atoms with Gasteiger partial charge >= 0.3 is 0 Å². The van der Waals surface area contributed by atoms with Crippen LogP contribution in [0, 0.1) is 5.92 Å². The summed E-state index contributed by atoms with van der Waals surface area (Å²) >= 11 is 0. The molecule has 1 fully saturated rings. The van der Waals surface area contributed by atoms with Gasteiger partial charge in [-0.25, -0.2) is 19.5 Å². The van der Waals surface area contributed by atoms with Gasteiger partial charge in [0.05, 0.1) is 30.9 Å². The molecule has 0 spiro atoms. The summed E-state index contributed by atoms with van der Waals surface area (Å²) in [4.78, 5) is 24.4. The van der Waals surface area contributed by atoms with Gasteiger partial charge in [-0.3, -0.25) is 4.79 Å². The average molecular weight is 429 g/mol. The normalized spacial score (nSPS) is 13.2. The van der Waals surface area contributed by atoms with E-state index in [9.17, 15) is 4.79 Å². The summed E-state index contributed by atoms with van der Waals surface area (Å²) in [5.74, 6) is 1.56. The van der Waals surface area contributed by atoms with Crippen molar-refractivity contribution in [2.24, 2.45) is 5.92 Å². The number of amides is 1. The van der Waals surface area contributed by atoms with Crippen LogP contribution in [0.15, 0.2) is 55.0 Å². The molecule has 1 aliphatic carbocycles. The van der Waals surface area contributed by atoms with Gasteiger partial charge in [-0.05, 0) is 55.7 Å². The molecule has 0 atom stereocenters. The van der Waals surface area contributed by atoms with Crippen LogP contribution in [0.1, 0.15) is 19.3 Å². The third kappa shape index (κ3) is 4.36. The van der Waals surface area contributed by atoms with Gasteiger partial charge in [-0.15, -0.1) is 0 Å². The number of nitrogen functional groups attached to an aromatic ring is 1. The number of anilines is 1. The molecule has 9 heteroatoms. The van der Waals surface area contributed by atoms with E-state index in [2.05, 4.69) is 20.3 Å². The Hall–Kier alpha value is -4.01. The van der Waals surface area contributed by atoms with Crippen LogP contribution in [0.25, 0.3) is 28.3 Å². The second kappa shape index (κ2) is 8.62. The molecule has 0 aliphatic heterocycles. The molecule has 1 saturated carbocycles. The molecule has 0 saturated heterocycles. The average Bonchev–Trinajstić information content (AvgIpc) is 3.59. The number of imidazole rings is 1. The Labute approximate surface area is 184 Å². The van der Waals surface area contributed by atoms with Crippen molar-refractivity contribution in [2.45, 2.75) is 19.3 Å². The zero-order chi connectivity index (χ0) is 21.9. The van der Waals surface area contributed by atoms with Gasteiger partial charge in [-0.1, -0.05) is 0 Å². The summed E-state index contributed by atoms with van der Waals surface area (Å²) in [5.41, 5.74) is 9.50. The quantitative estimate of drug-likeness (QED) is 0.413. The molecule has 9 nitrogen and oxygen atoms in total. The number of nitrogens with one attached hydrogen (secondary N) is 1. The monoisotopic (exact) mass is 429 g/mol. The molecule has 5 rings (SSSR count). The first-order chi connectivity index (χ1) is 15.7. The highest BCUT2D eigenvalue weighted by molar-refractivity contribution is 5.80. The Morgan fingerprint density at radius 3 is 2.62 bits per heavy atom. The largest absolute Gasteiger partial charge is 0.494 e. The van der Waals surface area contributed by atoms with E-state index in [0.717, 1.165) is 47.6 Å². The third-order valence-corrected chi connectivity index (χ3v) is 5.28. The van der Waals surface area contributed by atoms with Crippen LogP contribution < -0.4 is 15.8 Å². The number of nitrogens with two attached hydrogens (primary N) is 1. The summed E-state index contributed by atoms with van der Waals surface area (Å²) in [6.07, 6.45) is 7.66. The van der Waals surface area contributed by atoms with Gasteiger partial charge in [0.15, 0.2) is 5.65 Å². The highest BCUT2D eigenvalue weighted by Gasteiger charge is 2.28. The van der Waals surface area contributed by atoms with Crippen molar-refractivity contribution in [1.29, 1.82) is 0 Å². The minimum atomic E-state index is 0.170. The number of ether oxygens (including phenoxy) is 1. The SMILES string of the molecule is Nc1cnc(-c2cnc3ccc(-c4ccc(OCCCNC(=O)C5CC5)cc4)nn23)cn1. The second-order valence-corrected chi connectivity index (χ2v) is 7.75. The Morgan fingerprint density at radius 1 is 1.03 bits per heavy atom.